The van der Waals surface area contributed by atoms with Gasteiger partial charge < -0.3 is 4.90 Å². The second-order valence-electron chi connectivity index (χ2n) is 4.44. The number of sulfonamides is 1. The molecule has 5 nitrogen and oxygen atoms in total. The van der Waals surface area contributed by atoms with Gasteiger partial charge >= 0.3 is 0 Å². The molecule has 1 saturated heterocycles. The topological polar surface area (TPSA) is 66.5 Å². The molecule has 0 aliphatic carbocycles. The van der Waals surface area contributed by atoms with Crippen LogP contribution in [0.1, 0.15) is 20.3 Å². The van der Waals surface area contributed by atoms with Gasteiger partial charge in [0.25, 0.3) is 0 Å². The van der Waals surface area contributed by atoms with Gasteiger partial charge in [-0.2, -0.15) is 0 Å². The molecule has 0 aromatic rings. The molecular formula is C12H20N2O3S. The van der Waals surface area contributed by atoms with E-state index in [0.717, 1.165) is 17.4 Å². The van der Waals surface area contributed by atoms with Gasteiger partial charge in [0.1, 0.15) is 0 Å². The summed E-state index contributed by atoms with van der Waals surface area (Å²) >= 11 is 0. The van der Waals surface area contributed by atoms with Crippen LogP contribution in [0.15, 0.2) is 23.6 Å². The highest BCUT2D eigenvalue weighted by Gasteiger charge is 2.27. The Morgan fingerprint density at radius 3 is 2.78 bits per heavy atom. The summed E-state index contributed by atoms with van der Waals surface area (Å²) in [6.07, 6.45) is 2.61. The summed E-state index contributed by atoms with van der Waals surface area (Å²) in [6, 6.07) is 0. The van der Waals surface area contributed by atoms with E-state index in [0.29, 0.717) is 19.6 Å². The van der Waals surface area contributed by atoms with Gasteiger partial charge in [0.15, 0.2) is 0 Å². The van der Waals surface area contributed by atoms with Crippen molar-refractivity contribution in [2.75, 3.05) is 19.6 Å². The molecular weight excluding hydrogens is 252 g/mol. The Kier molecular flexibility index (Phi) is 5.10. The van der Waals surface area contributed by atoms with E-state index in [1.165, 1.54) is 0 Å². The predicted molar refractivity (Wildman–Crippen MR) is 71.2 cm³/mol. The molecule has 1 amide bonds. The highest BCUT2D eigenvalue weighted by atomic mass is 32.2. The van der Waals surface area contributed by atoms with E-state index >= 15 is 0 Å². The fourth-order valence-electron chi connectivity index (χ4n) is 1.85. The Hall–Kier alpha value is -1.14. The summed E-state index contributed by atoms with van der Waals surface area (Å²) in [5.41, 5.74) is 0.724. The molecule has 1 atom stereocenters. The van der Waals surface area contributed by atoms with E-state index in [2.05, 4.69) is 11.3 Å². The van der Waals surface area contributed by atoms with E-state index in [4.69, 9.17) is 0 Å². The predicted octanol–water partition coefficient (Wildman–Crippen LogP) is 0.864. The third kappa shape index (κ3) is 3.96. The molecule has 0 unspecified atom stereocenters. The summed E-state index contributed by atoms with van der Waals surface area (Å²) in [5.74, 6) is 0.208. The molecule has 1 N–H and O–H groups in total. The zero-order valence-electron chi connectivity index (χ0n) is 10.8. The zero-order valence-corrected chi connectivity index (χ0v) is 11.7. The van der Waals surface area contributed by atoms with E-state index < -0.39 is 10.0 Å². The number of nitrogens with one attached hydrogen (secondary N) is 1. The fraction of sp³-hybridized carbons (Fsp3) is 0.583. The molecule has 0 spiro atoms. The van der Waals surface area contributed by atoms with Crippen LogP contribution in [-0.4, -0.2) is 38.9 Å². The van der Waals surface area contributed by atoms with Gasteiger partial charge in [-0.1, -0.05) is 12.7 Å². The van der Waals surface area contributed by atoms with Gasteiger partial charge in [0.2, 0.25) is 15.9 Å². The smallest absolute Gasteiger partial charge is 0.249 e. The Bertz CT molecular complexity index is 454. The molecule has 6 heteroatoms. The lowest BCUT2D eigenvalue weighted by Gasteiger charge is -2.16. The fourth-order valence-corrected chi connectivity index (χ4v) is 2.44. The van der Waals surface area contributed by atoms with Crippen LogP contribution in [0.2, 0.25) is 0 Å². The summed E-state index contributed by atoms with van der Waals surface area (Å²) in [7, 11) is -3.37. The number of hydrogen-bond acceptors (Lipinski definition) is 3. The molecule has 18 heavy (non-hydrogen) atoms. The van der Waals surface area contributed by atoms with Crippen molar-refractivity contribution in [3.8, 4) is 0 Å². The molecule has 0 bridgehead atoms. The van der Waals surface area contributed by atoms with E-state index in [1.54, 1.807) is 17.9 Å². The Labute approximate surface area is 109 Å². The van der Waals surface area contributed by atoms with Crippen LogP contribution in [0.25, 0.3) is 0 Å². The molecule has 1 fully saturated rings. The highest BCUT2D eigenvalue weighted by molar-refractivity contribution is 7.92. The number of carbonyl (C=O) groups excluding carboxylic acids is 1. The average Bonchev–Trinajstić information content (AvgIpc) is 2.83. The van der Waals surface area contributed by atoms with Crippen molar-refractivity contribution in [3.05, 3.63) is 23.6 Å². The van der Waals surface area contributed by atoms with E-state index in [-0.39, 0.29) is 11.8 Å². The van der Waals surface area contributed by atoms with Crippen LogP contribution in [0.3, 0.4) is 0 Å². The van der Waals surface area contributed by atoms with Crippen molar-refractivity contribution in [3.63, 3.8) is 0 Å². The van der Waals surface area contributed by atoms with Crippen molar-refractivity contribution in [2.45, 2.75) is 20.3 Å². The van der Waals surface area contributed by atoms with Crippen LogP contribution < -0.4 is 4.72 Å². The van der Waals surface area contributed by atoms with Crippen LogP contribution in [0, 0.1) is 5.92 Å². The van der Waals surface area contributed by atoms with E-state index in [9.17, 15) is 13.2 Å². The minimum Gasteiger partial charge on any atom is -0.339 e. The highest BCUT2D eigenvalue weighted by Crippen LogP contribution is 2.17. The largest absolute Gasteiger partial charge is 0.339 e. The number of rotatable bonds is 5. The zero-order chi connectivity index (χ0) is 13.8. The van der Waals surface area contributed by atoms with Gasteiger partial charge in [0, 0.05) is 30.6 Å². The molecule has 0 radical (unpaired) electrons. The van der Waals surface area contributed by atoms with Crippen LogP contribution in [0.5, 0.6) is 0 Å². The minimum atomic E-state index is -3.37. The Morgan fingerprint density at radius 2 is 2.22 bits per heavy atom. The average molecular weight is 272 g/mol. The first-order valence-corrected chi connectivity index (χ1v) is 7.48. The summed E-state index contributed by atoms with van der Waals surface area (Å²) in [4.78, 5) is 13.6. The van der Waals surface area contributed by atoms with Crippen molar-refractivity contribution in [1.82, 2.24) is 9.62 Å². The molecule has 1 aliphatic heterocycles. The first-order chi connectivity index (χ1) is 8.39. The summed E-state index contributed by atoms with van der Waals surface area (Å²) in [5, 5.41) is 0.898. The lowest BCUT2D eigenvalue weighted by Crippen LogP contribution is -2.32. The second-order valence-corrected chi connectivity index (χ2v) is 6.15. The summed E-state index contributed by atoms with van der Waals surface area (Å²) in [6.45, 7) is 8.49. The third-order valence-electron chi connectivity index (χ3n) is 3.14. The van der Waals surface area contributed by atoms with Gasteiger partial charge in [-0.15, -0.1) is 0 Å². The van der Waals surface area contributed by atoms with Gasteiger partial charge in [-0.05, 0) is 26.2 Å². The quantitative estimate of drug-likeness (QED) is 0.755. The summed E-state index contributed by atoms with van der Waals surface area (Å²) < 4.78 is 24.9. The Balaban J connectivity index is 2.47. The molecule has 1 rings (SSSR count). The molecule has 102 valence electrons. The lowest BCUT2D eigenvalue weighted by molar-refractivity contribution is -0.126. The second kappa shape index (κ2) is 6.15. The van der Waals surface area contributed by atoms with Gasteiger partial charge in [-0.3, -0.25) is 4.79 Å². The maximum Gasteiger partial charge on any atom is 0.249 e. The van der Waals surface area contributed by atoms with Gasteiger partial charge in [0.05, 0.1) is 0 Å². The monoisotopic (exact) mass is 272 g/mol. The molecule has 1 heterocycles. The molecule has 0 aromatic heterocycles. The number of allylic oxidation sites excluding steroid dienone is 1. The number of carbonyl (C=O) groups is 1. The molecule has 0 aromatic carbocycles. The standard InChI is InChI=1S/C12H20N2O3S/c1-4-10(3)12(15)14-7-6-11(9-14)8-13-18(16,17)5-2/h4-5,11,13H,2,6-9H2,1,3H3/b10-4+/t11-/m1/s1. The maximum absolute atomic E-state index is 11.9. The normalized spacial score (nSPS) is 21.1. The number of nitrogens with zero attached hydrogens (tertiary/aromatic N) is 1. The number of likely N-dealkylation sites (tertiary alicyclic amines) is 1. The first-order valence-electron chi connectivity index (χ1n) is 5.94. The minimum absolute atomic E-state index is 0.0339. The third-order valence-corrected chi connectivity index (χ3v) is 4.14. The van der Waals surface area contributed by atoms with Gasteiger partial charge in [-0.25, -0.2) is 13.1 Å². The van der Waals surface area contributed by atoms with Crippen LogP contribution >= 0.6 is 0 Å². The molecule has 0 saturated carbocycles. The lowest BCUT2D eigenvalue weighted by atomic mass is 10.1. The first kappa shape index (κ1) is 14.9. The maximum atomic E-state index is 11.9. The van der Waals surface area contributed by atoms with E-state index in [1.807, 2.05) is 6.92 Å². The number of amides is 1. The van der Waals surface area contributed by atoms with Crippen LogP contribution in [-0.2, 0) is 14.8 Å². The van der Waals surface area contributed by atoms with Crippen LogP contribution in [0.4, 0.5) is 0 Å². The molecule has 1 aliphatic rings. The van der Waals surface area contributed by atoms with Crippen molar-refractivity contribution in [1.29, 1.82) is 0 Å². The van der Waals surface area contributed by atoms with Crippen molar-refractivity contribution >= 4 is 15.9 Å². The Morgan fingerprint density at radius 1 is 1.56 bits per heavy atom. The van der Waals surface area contributed by atoms with Crippen molar-refractivity contribution in [2.24, 2.45) is 5.92 Å². The SMILES string of the molecule is C=CS(=O)(=O)NC[C@H]1CCN(C(=O)/C(C)=C/C)C1. The van der Waals surface area contributed by atoms with Crippen molar-refractivity contribution < 1.29 is 13.2 Å². The number of hydrogen-bond donors (Lipinski definition) is 1.